The number of carbonyl (C=O) groups is 1. The molecule has 0 saturated heterocycles. The molecule has 0 spiro atoms. The quantitative estimate of drug-likeness (QED) is 0.789. The fraction of sp³-hybridized carbons (Fsp3) is 0.286. The number of nitrogens with one attached hydrogen (secondary N) is 1. The average Bonchev–Trinajstić information content (AvgIpc) is 3.35. The predicted molar refractivity (Wildman–Crippen MR) is 102 cm³/mol. The third kappa shape index (κ3) is 2.55. The molecule has 0 fully saturated rings. The number of carbonyl (C=O) groups excluding carboxylic acids is 1. The van der Waals surface area contributed by atoms with Crippen molar-refractivity contribution < 1.29 is 33.2 Å². The molecule has 3 heterocycles. The number of hydrogen-bond acceptors (Lipinski definition) is 8. The molecule has 3 aliphatic rings. The van der Waals surface area contributed by atoms with Gasteiger partial charge in [0.2, 0.25) is 12.5 Å². The summed E-state index contributed by atoms with van der Waals surface area (Å²) in [6.45, 7) is 0.366. The zero-order valence-corrected chi connectivity index (χ0v) is 16.2. The molecule has 150 valence electrons. The van der Waals surface area contributed by atoms with Crippen molar-refractivity contribution in [2.24, 2.45) is 0 Å². The van der Waals surface area contributed by atoms with Gasteiger partial charge in [0.15, 0.2) is 23.0 Å². The molecular formula is C21H19NO7. The number of rotatable bonds is 4. The van der Waals surface area contributed by atoms with Crippen LogP contribution >= 0.6 is 0 Å². The van der Waals surface area contributed by atoms with Gasteiger partial charge in [-0.2, -0.15) is 0 Å². The van der Waals surface area contributed by atoms with Crippen molar-refractivity contribution in [3.63, 3.8) is 0 Å². The number of benzene rings is 2. The van der Waals surface area contributed by atoms with Crippen LogP contribution in [-0.2, 0) is 9.53 Å². The van der Waals surface area contributed by atoms with Crippen molar-refractivity contribution in [1.82, 2.24) is 0 Å². The summed E-state index contributed by atoms with van der Waals surface area (Å²) in [5.74, 6) is 2.07. The lowest BCUT2D eigenvalue weighted by Gasteiger charge is -2.28. The smallest absolute Gasteiger partial charge is 0.337 e. The molecule has 0 amide bonds. The normalized spacial score (nSPS) is 18.6. The molecule has 0 bridgehead atoms. The molecule has 5 rings (SSSR count). The summed E-state index contributed by atoms with van der Waals surface area (Å²) in [6.07, 6.45) is 0. The maximum Gasteiger partial charge on any atom is 0.337 e. The molecule has 0 radical (unpaired) electrons. The summed E-state index contributed by atoms with van der Waals surface area (Å²) in [5.41, 5.74) is 3.82. The summed E-state index contributed by atoms with van der Waals surface area (Å²) in [4.78, 5) is 12.6. The van der Waals surface area contributed by atoms with E-state index in [9.17, 15) is 4.79 Å². The highest BCUT2D eigenvalue weighted by molar-refractivity contribution is 5.97. The summed E-state index contributed by atoms with van der Waals surface area (Å²) >= 11 is 0. The van der Waals surface area contributed by atoms with E-state index in [2.05, 4.69) is 5.32 Å². The van der Waals surface area contributed by atoms with Gasteiger partial charge in [0.1, 0.15) is 6.61 Å². The minimum atomic E-state index is -0.389. The molecule has 8 heteroatoms. The number of methoxy groups -OCH3 is 3. The monoisotopic (exact) mass is 397 g/mol. The van der Waals surface area contributed by atoms with Gasteiger partial charge in [-0.3, -0.25) is 0 Å². The first-order valence-electron chi connectivity index (χ1n) is 9.05. The maximum atomic E-state index is 12.6. The van der Waals surface area contributed by atoms with E-state index in [4.69, 9.17) is 28.4 Å². The van der Waals surface area contributed by atoms with Gasteiger partial charge in [0.25, 0.3) is 0 Å². The molecular weight excluding hydrogens is 378 g/mol. The van der Waals surface area contributed by atoms with Crippen LogP contribution in [0.25, 0.3) is 0 Å². The van der Waals surface area contributed by atoms with E-state index >= 15 is 0 Å². The van der Waals surface area contributed by atoms with Crippen LogP contribution in [0, 0.1) is 0 Å². The molecule has 2 aromatic carbocycles. The van der Waals surface area contributed by atoms with E-state index in [1.54, 1.807) is 21.3 Å². The van der Waals surface area contributed by atoms with Crippen LogP contribution in [0.5, 0.6) is 28.7 Å². The van der Waals surface area contributed by atoms with Crippen molar-refractivity contribution in [3.05, 3.63) is 46.7 Å². The van der Waals surface area contributed by atoms with Gasteiger partial charge in [-0.15, -0.1) is 0 Å². The average molecular weight is 397 g/mol. The molecule has 0 aromatic heterocycles. The first kappa shape index (κ1) is 17.5. The number of ether oxygens (including phenoxy) is 6. The Morgan fingerprint density at radius 3 is 2.28 bits per heavy atom. The van der Waals surface area contributed by atoms with Gasteiger partial charge in [0, 0.05) is 17.7 Å². The molecule has 0 unspecified atom stereocenters. The predicted octanol–water partition coefficient (Wildman–Crippen LogP) is 2.81. The van der Waals surface area contributed by atoms with Crippen LogP contribution in [0.15, 0.2) is 35.5 Å². The maximum absolute atomic E-state index is 12.6. The third-order valence-corrected chi connectivity index (χ3v) is 5.34. The van der Waals surface area contributed by atoms with Crippen LogP contribution in [-0.4, -0.2) is 40.7 Å². The Balaban J connectivity index is 1.74. The number of fused-ring (bicyclic) bond motifs is 2. The van der Waals surface area contributed by atoms with E-state index < -0.39 is 0 Å². The van der Waals surface area contributed by atoms with Crippen molar-refractivity contribution in [1.29, 1.82) is 0 Å². The summed E-state index contributed by atoms with van der Waals surface area (Å²) in [5, 5.41) is 3.31. The van der Waals surface area contributed by atoms with E-state index in [1.807, 2.05) is 24.3 Å². The van der Waals surface area contributed by atoms with Crippen molar-refractivity contribution >= 4 is 11.7 Å². The molecule has 3 aliphatic heterocycles. The molecule has 0 aliphatic carbocycles. The van der Waals surface area contributed by atoms with Crippen LogP contribution in [0.4, 0.5) is 5.69 Å². The molecule has 0 saturated carbocycles. The standard InChI is InChI=1S/C21H19NO7/c1-24-16-4-10(5-17(25-2)20(16)26-3)18-11-6-14-15(29-9-28-14)7-12(11)22-13-8-27-21(23)19(13)18/h4-7,18,22H,8-9H2,1-3H3/t18-/m0/s1. The molecule has 29 heavy (non-hydrogen) atoms. The Morgan fingerprint density at radius 1 is 0.931 bits per heavy atom. The van der Waals surface area contributed by atoms with Gasteiger partial charge in [-0.05, 0) is 29.3 Å². The van der Waals surface area contributed by atoms with E-state index in [1.165, 1.54) is 0 Å². The molecule has 2 aromatic rings. The first-order chi connectivity index (χ1) is 14.1. The van der Waals surface area contributed by atoms with E-state index in [0.29, 0.717) is 34.3 Å². The number of esters is 1. The lowest BCUT2D eigenvalue weighted by molar-refractivity contribution is -0.136. The lowest BCUT2D eigenvalue weighted by atomic mass is 9.80. The Morgan fingerprint density at radius 2 is 1.62 bits per heavy atom. The lowest BCUT2D eigenvalue weighted by Crippen LogP contribution is -2.20. The van der Waals surface area contributed by atoms with Gasteiger partial charge < -0.3 is 33.7 Å². The Bertz CT molecular complexity index is 1030. The van der Waals surface area contributed by atoms with Crippen molar-refractivity contribution in [2.75, 3.05) is 40.0 Å². The number of hydrogen-bond donors (Lipinski definition) is 1. The second kappa shape index (κ2) is 6.51. The first-order valence-corrected chi connectivity index (χ1v) is 9.05. The van der Waals surface area contributed by atoms with Gasteiger partial charge in [0.05, 0.1) is 32.6 Å². The molecule has 1 atom stereocenters. The van der Waals surface area contributed by atoms with Crippen LogP contribution in [0.2, 0.25) is 0 Å². The Kier molecular flexibility index (Phi) is 3.94. The van der Waals surface area contributed by atoms with Crippen LogP contribution < -0.4 is 29.0 Å². The minimum Gasteiger partial charge on any atom is -0.493 e. The third-order valence-electron chi connectivity index (χ3n) is 5.34. The van der Waals surface area contributed by atoms with Crippen LogP contribution in [0.1, 0.15) is 17.0 Å². The SMILES string of the molecule is COc1cc([C@@H]2C3=C(COC3=O)Nc3cc4c(cc32)OCO4)cc(OC)c1OC. The van der Waals surface area contributed by atoms with E-state index in [-0.39, 0.29) is 25.3 Å². The zero-order chi connectivity index (χ0) is 20.1. The highest BCUT2D eigenvalue weighted by Gasteiger charge is 2.40. The van der Waals surface area contributed by atoms with Crippen LogP contribution in [0.3, 0.4) is 0 Å². The Hall–Kier alpha value is -3.55. The molecule has 8 nitrogen and oxygen atoms in total. The number of cyclic esters (lactones) is 1. The fourth-order valence-corrected chi connectivity index (χ4v) is 4.05. The van der Waals surface area contributed by atoms with Crippen molar-refractivity contribution in [3.8, 4) is 28.7 Å². The van der Waals surface area contributed by atoms with Gasteiger partial charge in [-0.1, -0.05) is 0 Å². The highest BCUT2D eigenvalue weighted by atomic mass is 16.7. The van der Waals surface area contributed by atoms with E-state index in [0.717, 1.165) is 22.5 Å². The topological polar surface area (TPSA) is 84.5 Å². The number of anilines is 1. The van der Waals surface area contributed by atoms with Gasteiger partial charge in [-0.25, -0.2) is 4.79 Å². The van der Waals surface area contributed by atoms with Gasteiger partial charge >= 0.3 is 5.97 Å². The molecule has 1 N–H and O–H groups in total. The van der Waals surface area contributed by atoms with Crippen molar-refractivity contribution in [2.45, 2.75) is 5.92 Å². The summed E-state index contributed by atoms with van der Waals surface area (Å²) in [6, 6.07) is 7.48. The fourth-order valence-electron chi connectivity index (χ4n) is 4.05. The summed E-state index contributed by atoms with van der Waals surface area (Å²) in [7, 11) is 4.67. The Labute approximate surface area is 166 Å². The largest absolute Gasteiger partial charge is 0.493 e. The minimum absolute atomic E-state index is 0.169. The second-order valence-electron chi connectivity index (χ2n) is 6.78. The summed E-state index contributed by atoms with van der Waals surface area (Å²) < 4.78 is 32.8. The highest BCUT2D eigenvalue weighted by Crippen LogP contribution is 2.51. The second-order valence-corrected chi connectivity index (χ2v) is 6.78. The zero-order valence-electron chi connectivity index (χ0n) is 16.2.